The number of rotatable bonds is 15. The maximum atomic E-state index is 12.9. The van der Waals surface area contributed by atoms with Crippen molar-refractivity contribution in [3.63, 3.8) is 0 Å². The van der Waals surface area contributed by atoms with Gasteiger partial charge in [-0.2, -0.15) is 0 Å². The van der Waals surface area contributed by atoms with Crippen LogP contribution >= 0.6 is 0 Å². The van der Waals surface area contributed by atoms with E-state index in [9.17, 15) is 24.8 Å². The molecule has 2 aliphatic rings. The maximum absolute atomic E-state index is 12.9. The Morgan fingerprint density at radius 2 is 1.84 bits per heavy atom. The normalized spacial score (nSPS) is 20.3. The van der Waals surface area contributed by atoms with E-state index in [4.69, 9.17) is 4.74 Å². The summed E-state index contributed by atoms with van der Waals surface area (Å²) in [6.45, 7) is 16.5. The Morgan fingerprint density at radius 1 is 1.19 bits per heavy atom. The number of nitrogens with zero attached hydrogens (tertiary/aromatic N) is 3. The number of allylic oxidation sites excluding steroid dienone is 1. The predicted octanol–water partition coefficient (Wildman–Crippen LogP) is 6.41. The smallest absolute Gasteiger partial charge is 0.410 e. The molecule has 240 valence electrons. The first-order valence-electron chi connectivity index (χ1n) is 15.7. The fourth-order valence-electron chi connectivity index (χ4n) is 6.26. The van der Waals surface area contributed by atoms with Gasteiger partial charge in [-0.05, 0) is 75.0 Å². The van der Waals surface area contributed by atoms with Crippen LogP contribution in [0, 0.1) is 22.0 Å². The molecule has 2 fully saturated rings. The lowest BCUT2D eigenvalue weighted by atomic mass is 9.91. The van der Waals surface area contributed by atoms with Gasteiger partial charge in [0.25, 0.3) is 5.69 Å². The van der Waals surface area contributed by atoms with Gasteiger partial charge in [0.05, 0.1) is 4.92 Å². The van der Waals surface area contributed by atoms with Crippen LogP contribution in [-0.2, 0) is 16.1 Å². The highest BCUT2D eigenvalue weighted by Gasteiger charge is 2.34. The van der Waals surface area contributed by atoms with Gasteiger partial charge in [-0.3, -0.25) is 14.9 Å². The zero-order valence-corrected chi connectivity index (χ0v) is 26.3. The number of carbonyl (C=O) groups excluding carboxylic acids is 1. The molecule has 10 nitrogen and oxygen atoms in total. The van der Waals surface area contributed by atoms with Crippen LogP contribution in [0.15, 0.2) is 49.6 Å². The standard InChI is InChI=1S/C30H46N4O6.C3H6/c1-4-7-24(6-3)28(29(35)36)31-25-11-8-23(19-25)20-32-17-14-26(15-18-32)33(16-5-2)30(37)40-21-22-9-12-27(13-10-22)34(38)39;1-3-2/h5,9-10,12-13,23-26,28,31H,2,4,6-8,11,14-21H2,1,3H3,(H,35,36);3H,1H2,2H3/t23-,24?,25?,28?;/m1./s1. The third-order valence-corrected chi connectivity index (χ3v) is 8.46. The number of aliphatic carboxylic acids is 1. The van der Waals surface area contributed by atoms with E-state index in [1.165, 1.54) is 12.1 Å². The average Bonchev–Trinajstić information content (AvgIpc) is 3.44. The van der Waals surface area contributed by atoms with Crippen molar-refractivity contribution in [2.75, 3.05) is 26.2 Å². The molecule has 1 aromatic rings. The van der Waals surface area contributed by atoms with E-state index >= 15 is 0 Å². The first-order chi connectivity index (χ1) is 20.7. The highest BCUT2D eigenvalue weighted by atomic mass is 16.6. The van der Waals surface area contributed by atoms with Crippen LogP contribution in [0.2, 0.25) is 0 Å². The van der Waals surface area contributed by atoms with Crippen molar-refractivity contribution in [3.05, 3.63) is 65.3 Å². The fraction of sp³-hybridized carbons (Fsp3) is 0.636. The van der Waals surface area contributed by atoms with Crippen molar-refractivity contribution < 1.29 is 24.4 Å². The number of carbonyl (C=O) groups is 2. The Balaban J connectivity index is 0.00000206. The molecule has 1 aliphatic carbocycles. The molecule has 0 aromatic heterocycles. The van der Waals surface area contributed by atoms with E-state index in [1.807, 2.05) is 6.92 Å². The molecule has 4 atom stereocenters. The monoisotopic (exact) mass is 600 g/mol. The Hall–Kier alpha value is -3.24. The molecule has 1 saturated heterocycles. The third kappa shape index (κ3) is 11.8. The molecule has 3 rings (SSSR count). The van der Waals surface area contributed by atoms with Crippen molar-refractivity contribution in [1.82, 2.24) is 15.1 Å². The largest absolute Gasteiger partial charge is 0.480 e. The molecule has 2 N–H and O–H groups in total. The topological polar surface area (TPSA) is 125 Å². The number of nitrogens with one attached hydrogen (secondary N) is 1. The third-order valence-electron chi connectivity index (χ3n) is 8.46. The van der Waals surface area contributed by atoms with Gasteiger partial charge in [0.1, 0.15) is 12.6 Å². The van der Waals surface area contributed by atoms with E-state index in [0.717, 1.165) is 71.0 Å². The highest BCUT2D eigenvalue weighted by Crippen LogP contribution is 2.30. The number of nitro benzene ring substituents is 1. The molecule has 10 heteroatoms. The number of likely N-dealkylation sites (tertiary alicyclic amines) is 1. The molecule has 0 bridgehead atoms. The fourth-order valence-corrected chi connectivity index (χ4v) is 6.26. The average molecular weight is 601 g/mol. The first kappa shape index (κ1) is 36.0. The van der Waals surface area contributed by atoms with Gasteiger partial charge in [0, 0.05) is 50.4 Å². The maximum Gasteiger partial charge on any atom is 0.410 e. The summed E-state index contributed by atoms with van der Waals surface area (Å²) < 4.78 is 5.54. The van der Waals surface area contributed by atoms with Gasteiger partial charge in [-0.1, -0.05) is 38.8 Å². The van der Waals surface area contributed by atoms with Crippen LogP contribution in [0.4, 0.5) is 10.5 Å². The minimum absolute atomic E-state index is 0.000990. The second kappa shape index (κ2) is 19.1. The Kier molecular flexibility index (Phi) is 16.0. The summed E-state index contributed by atoms with van der Waals surface area (Å²) in [5.41, 5.74) is 0.697. The van der Waals surface area contributed by atoms with Crippen LogP contribution in [-0.4, -0.2) is 76.2 Å². The Morgan fingerprint density at radius 3 is 2.37 bits per heavy atom. The summed E-state index contributed by atoms with van der Waals surface area (Å²) in [5, 5.41) is 24.1. The number of amides is 1. The number of carboxylic acids is 1. The van der Waals surface area contributed by atoms with Gasteiger partial charge >= 0.3 is 12.1 Å². The van der Waals surface area contributed by atoms with E-state index in [0.29, 0.717) is 18.0 Å². The zero-order valence-electron chi connectivity index (χ0n) is 26.3. The number of nitro groups is 1. The molecule has 1 heterocycles. The second-order valence-corrected chi connectivity index (χ2v) is 11.7. The van der Waals surface area contributed by atoms with Crippen LogP contribution in [0.3, 0.4) is 0 Å². The zero-order chi connectivity index (χ0) is 31.8. The molecular formula is C33H52N4O6. The Labute approximate surface area is 257 Å². The lowest BCUT2D eigenvalue weighted by Crippen LogP contribution is -2.48. The number of hydrogen-bond donors (Lipinski definition) is 2. The lowest BCUT2D eigenvalue weighted by molar-refractivity contribution is -0.384. The molecule has 1 amide bonds. The van der Waals surface area contributed by atoms with Crippen molar-refractivity contribution >= 4 is 17.7 Å². The predicted molar refractivity (Wildman–Crippen MR) is 170 cm³/mol. The molecule has 1 saturated carbocycles. The summed E-state index contributed by atoms with van der Waals surface area (Å²) in [6, 6.07) is 5.85. The van der Waals surface area contributed by atoms with E-state index in [1.54, 1.807) is 29.2 Å². The van der Waals surface area contributed by atoms with Crippen molar-refractivity contribution in [2.45, 2.75) is 96.9 Å². The molecule has 3 unspecified atom stereocenters. The molecule has 43 heavy (non-hydrogen) atoms. The number of hydrogen-bond acceptors (Lipinski definition) is 7. The van der Waals surface area contributed by atoms with E-state index in [-0.39, 0.29) is 30.3 Å². The summed E-state index contributed by atoms with van der Waals surface area (Å²) in [7, 11) is 0. The van der Waals surface area contributed by atoms with Crippen LogP contribution < -0.4 is 5.32 Å². The van der Waals surface area contributed by atoms with Crippen LogP contribution in [0.5, 0.6) is 0 Å². The van der Waals surface area contributed by atoms with E-state index in [2.05, 4.69) is 37.2 Å². The van der Waals surface area contributed by atoms with Gasteiger partial charge in [0.2, 0.25) is 0 Å². The molecule has 0 radical (unpaired) electrons. The van der Waals surface area contributed by atoms with Gasteiger partial charge in [-0.15, -0.1) is 13.2 Å². The minimum atomic E-state index is -0.735. The lowest BCUT2D eigenvalue weighted by Gasteiger charge is -2.38. The van der Waals surface area contributed by atoms with Crippen LogP contribution in [0.25, 0.3) is 0 Å². The number of piperidine rings is 1. The molecule has 0 spiro atoms. The summed E-state index contributed by atoms with van der Waals surface area (Å²) in [4.78, 5) is 39.4. The summed E-state index contributed by atoms with van der Waals surface area (Å²) >= 11 is 0. The van der Waals surface area contributed by atoms with Crippen LogP contribution in [0.1, 0.15) is 77.7 Å². The van der Waals surface area contributed by atoms with Gasteiger partial charge in [-0.25, -0.2) is 4.79 Å². The molecule has 1 aromatic carbocycles. The van der Waals surface area contributed by atoms with Gasteiger partial charge < -0.3 is 25.0 Å². The quantitative estimate of drug-likeness (QED) is 0.134. The number of ether oxygens (including phenoxy) is 1. The summed E-state index contributed by atoms with van der Waals surface area (Å²) in [6.07, 6.45) is 10.7. The van der Waals surface area contributed by atoms with Gasteiger partial charge in [0.15, 0.2) is 0 Å². The molecule has 1 aliphatic heterocycles. The van der Waals surface area contributed by atoms with E-state index < -0.39 is 23.0 Å². The highest BCUT2D eigenvalue weighted by molar-refractivity contribution is 5.74. The SMILES string of the molecule is C=CC.C=CCN(C(=O)OCc1ccc([N+](=O)[O-])cc1)C1CCN(C[C@@H]2CCC(NC(C(=O)O)C(CC)CCC)C2)CC1. The second-order valence-electron chi connectivity index (χ2n) is 11.7. The number of benzene rings is 1. The van der Waals surface area contributed by atoms with Crippen molar-refractivity contribution in [3.8, 4) is 0 Å². The molecular weight excluding hydrogens is 548 g/mol. The Bertz CT molecular complexity index is 1020. The summed E-state index contributed by atoms with van der Waals surface area (Å²) in [5.74, 6) is -0.0215. The van der Waals surface area contributed by atoms with Crippen molar-refractivity contribution in [2.24, 2.45) is 11.8 Å². The minimum Gasteiger partial charge on any atom is -0.480 e. The number of non-ortho nitro benzene ring substituents is 1. The first-order valence-corrected chi connectivity index (χ1v) is 15.7. The van der Waals surface area contributed by atoms with Crippen molar-refractivity contribution in [1.29, 1.82) is 0 Å². The number of carboxylic acid groups (broad SMARTS) is 1.